The van der Waals surface area contributed by atoms with E-state index in [4.69, 9.17) is 18.9 Å². The molecule has 6 heteroatoms. The Morgan fingerprint density at radius 3 is 1.00 bits per heavy atom. The van der Waals surface area contributed by atoms with Crippen LogP contribution in [0, 0.1) is 0 Å². The number of hydrogen-bond acceptors (Lipinski definition) is 6. The van der Waals surface area contributed by atoms with Gasteiger partial charge in [-0.1, -0.05) is 0 Å². The lowest BCUT2D eigenvalue weighted by molar-refractivity contribution is -0.0447. The monoisotopic (exact) mass is 236 g/mol. The molecule has 6 nitrogen and oxygen atoms in total. The van der Waals surface area contributed by atoms with E-state index in [0.717, 1.165) is 13.1 Å². The zero-order valence-electron chi connectivity index (χ0n) is 10.8. The average molecular weight is 236 g/mol. The molecule has 0 spiro atoms. The Hall–Kier alpha value is -0.240. The van der Waals surface area contributed by atoms with Crippen LogP contribution in [0.1, 0.15) is 0 Å². The molecule has 0 aliphatic heterocycles. The summed E-state index contributed by atoms with van der Waals surface area (Å²) in [7, 11) is 6.69. The molecule has 0 aromatic carbocycles. The van der Waals surface area contributed by atoms with Crippen molar-refractivity contribution in [3.05, 3.63) is 0 Å². The van der Waals surface area contributed by atoms with E-state index in [1.165, 1.54) is 0 Å². The summed E-state index contributed by atoms with van der Waals surface area (Å²) in [6.45, 7) is 3.91. The highest BCUT2D eigenvalue weighted by Gasteiger charge is 2.08. The number of ether oxygens (including phenoxy) is 4. The van der Waals surface area contributed by atoms with Gasteiger partial charge in [-0.2, -0.15) is 0 Å². The molecular formula is C10H24N2O4. The molecule has 0 saturated heterocycles. The van der Waals surface area contributed by atoms with Crippen molar-refractivity contribution in [3.63, 3.8) is 0 Å². The Bertz CT molecular complexity index is 121. The van der Waals surface area contributed by atoms with Crippen LogP contribution in [0.15, 0.2) is 0 Å². The molecule has 0 N–H and O–H groups in total. The van der Waals surface area contributed by atoms with Gasteiger partial charge in [-0.15, -0.1) is 0 Å². The second kappa shape index (κ2) is 11.3. The van der Waals surface area contributed by atoms with Gasteiger partial charge in [-0.3, -0.25) is 9.80 Å². The van der Waals surface area contributed by atoms with E-state index in [-0.39, 0.29) is 0 Å². The molecule has 0 aromatic rings. The first-order chi connectivity index (χ1) is 7.78. The zero-order chi connectivity index (χ0) is 12.2. The van der Waals surface area contributed by atoms with E-state index in [0.29, 0.717) is 26.9 Å². The largest absolute Gasteiger partial charge is 0.369 e. The third-order valence-corrected chi connectivity index (χ3v) is 1.98. The predicted octanol–water partition coefficient (Wildman–Crippen LogP) is 0.00600. The maximum absolute atomic E-state index is 5.07. The van der Waals surface area contributed by atoms with Crippen LogP contribution in [0.5, 0.6) is 0 Å². The van der Waals surface area contributed by atoms with Gasteiger partial charge in [0.1, 0.15) is 26.9 Å². The smallest absolute Gasteiger partial charge is 0.100 e. The lowest BCUT2D eigenvalue weighted by Gasteiger charge is -2.25. The summed E-state index contributed by atoms with van der Waals surface area (Å²) >= 11 is 0. The highest BCUT2D eigenvalue weighted by molar-refractivity contribution is 4.54. The molecule has 0 heterocycles. The standard InChI is InChI=1S/C10H24N2O4/c1-13-7-11(8-14-2)5-6-12(9-15-3)10-16-4/h5-10H2,1-4H3. The third-order valence-electron chi connectivity index (χ3n) is 1.98. The highest BCUT2D eigenvalue weighted by atomic mass is 16.5. The Balaban J connectivity index is 3.83. The van der Waals surface area contributed by atoms with Crippen LogP contribution >= 0.6 is 0 Å². The van der Waals surface area contributed by atoms with Crippen molar-refractivity contribution in [3.8, 4) is 0 Å². The normalized spacial score (nSPS) is 11.6. The van der Waals surface area contributed by atoms with Gasteiger partial charge in [0.05, 0.1) is 0 Å². The van der Waals surface area contributed by atoms with Gasteiger partial charge in [0, 0.05) is 41.5 Å². The van der Waals surface area contributed by atoms with Gasteiger partial charge >= 0.3 is 0 Å². The van der Waals surface area contributed by atoms with Crippen LogP contribution in [0.3, 0.4) is 0 Å². The van der Waals surface area contributed by atoms with Gasteiger partial charge < -0.3 is 18.9 Å². The predicted molar refractivity (Wildman–Crippen MR) is 60.9 cm³/mol. The second-order valence-corrected chi connectivity index (χ2v) is 3.46. The summed E-state index contributed by atoms with van der Waals surface area (Å²) in [4.78, 5) is 4.11. The molecule has 0 rings (SSSR count). The Labute approximate surface area is 98.0 Å². The highest BCUT2D eigenvalue weighted by Crippen LogP contribution is 1.94. The molecule has 0 aliphatic rings. The van der Waals surface area contributed by atoms with Crippen molar-refractivity contribution in [1.29, 1.82) is 0 Å². The van der Waals surface area contributed by atoms with Crippen LogP contribution < -0.4 is 0 Å². The maximum atomic E-state index is 5.07. The zero-order valence-corrected chi connectivity index (χ0v) is 10.8. The quantitative estimate of drug-likeness (QED) is 0.471. The maximum Gasteiger partial charge on any atom is 0.100 e. The molecule has 0 fully saturated rings. The summed E-state index contributed by atoms with van der Waals surface area (Å²) < 4.78 is 20.3. The van der Waals surface area contributed by atoms with Gasteiger partial charge in [-0.25, -0.2) is 0 Å². The number of rotatable bonds is 11. The summed E-state index contributed by atoms with van der Waals surface area (Å²) in [6, 6.07) is 0. The van der Waals surface area contributed by atoms with Crippen molar-refractivity contribution >= 4 is 0 Å². The second-order valence-electron chi connectivity index (χ2n) is 3.46. The molecule has 0 bridgehead atoms. The minimum absolute atomic E-state index is 0.557. The third kappa shape index (κ3) is 7.98. The molecule has 0 radical (unpaired) electrons. The molecule has 0 aromatic heterocycles. The lowest BCUT2D eigenvalue weighted by Crippen LogP contribution is -2.38. The summed E-state index contributed by atoms with van der Waals surface area (Å²) in [5.74, 6) is 0. The lowest BCUT2D eigenvalue weighted by atomic mass is 10.5. The van der Waals surface area contributed by atoms with Crippen LogP contribution in [-0.2, 0) is 18.9 Å². The van der Waals surface area contributed by atoms with Crippen molar-refractivity contribution < 1.29 is 18.9 Å². The molecule has 98 valence electrons. The fraction of sp³-hybridized carbons (Fsp3) is 1.00. The minimum Gasteiger partial charge on any atom is -0.369 e. The van der Waals surface area contributed by atoms with Crippen LogP contribution in [0.25, 0.3) is 0 Å². The van der Waals surface area contributed by atoms with Crippen LogP contribution in [0.4, 0.5) is 0 Å². The van der Waals surface area contributed by atoms with E-state index < -0.39 is 0 Å². The molecule has 16 heavy (non-hydrogen) atoms. The van der Waals surface area contributed by atoms with Crippen LogP contribution in [0.2, 0.25) is 0 Å². The van der Waals surface area contributed by atoms with Gasteiger partial charge in [0.15, 0.2) is 0 Å². The summed E-state index contributed by atoms with van der Waals surface area (Å²) in [6.07, 6.45) is 0. The first-order valence-electron chi connectivity index (χ1n) is 5.19. The van der Waals surface area contributed by atoms with Crippen molar-refractivity contribution in [1.82, 2.24) is 9.80 Å². The van der Waals surface area contributed by atoms with E-state index in [1.54, 1.807) is 28.4 Å². The fourth-order valence-corrected chi connectivity index (χ4v) is 1.35. The van der Waals surface area contributed by atoms with E-state index in [1.807, 2.05) is 0 Å². The molecule has 0 atom stereocenters. The van der Waals surface area contributed by atoms with Gasteiger partial charge in [0.2, 0.25) is 0 Å². The molecule has 0 aliphatic carbocycles. The van der Waals surface area contributed by atoms with Gasteiger partial charge in [-0.05, 0) is 0 Å². The average Bonchev–Trinajstić information content (AvgIpc) is 2.27. The number of methoxy groups -OCH3 is 4. The Morgan fingerprint density at radius 1 is 0.562 bits per heavy atom. The van der Waals surface area contributed by atoms with Gasteiger partial charge in [0.25, 0.3) is 0 Å². The SMILES string of the molecule is COCN(CCN(COC)COC)COC. The molecule has 0 unspecified atom stereocenters. The minimum atomic E-state index is 0.557. The first kappa shape index (κ1) is 15.8. The Kier molecular flexibility index (Phi) is 11.1. The molecular weight excluding hydrogens is 212 g/mol. The van der Waals surface area contributed by atoms with E-state index >= 15 is 0 Å². The molecule has 0 saturated carbocycles. The van der Waals surface area contributed by atoms with E-state index in [2.05, 4.69) is 9.80 Å². The van der Waals surface area contributed by atoms with Crippen LogP contribution in [-0.4, -0.2) is 78.3 Å². The fourth-order valence-electron chi connectivity index (χ4n) is 1.35. The topological polar surface area (TPSA) is 43.4 Å². The number of hydrogen-bond donors (Lipinski definition) is 0. The van der Waals surface area contributed by atoms with E-state index in [9.17, 15) is 0 Å². The number of nitrogens with zero attached hydrogens (tertiary/aromatic N) is 2. The van der Waals surface area contributed by atoms with Crippen molar-refractivity contribution in [2.24, 2.45) is 0 Å². The molecule has 0 amide bonds. The van der Waals surface area contributed by atoms with Crippen molar-refractivity contribution in [2.75, 3.05) is 68.5 Å². The Morgan fingerprint density at radius 2 is 0.812 bits per heavy atom. The summed E-state index contributed by atoms with van der Waals surface area (Å²) in [5, 5.41) is 0. The van der Waals surface area contributed by atoms with Crippen molar-refractivity contribution in [2.45, 2.75) is 0 Å². The summed E-state index contributed by atoms with van der Waals surface area (Å²) in [5.41, 5.74) is 0. The first-order valence-corrected chi connectivity index (χ1v) is 5.19.